The van der Waals surface area contributed by atoms with Crippen molar-refractivity contribution in [3.63, 3.8) is 0 Å². The van der Waals surface area contributed by atoms with Crippen LogP contribution in [0.25, 0.3) is 0 Å². The quantitative estimate of drug-likeness (QED) is 0.721. The van der Waals surface area contributed by atoms with E-state index in [1.807, 2.05) is 0 Å². The van der Waals surface area contributed by atoms with Crippen molar-refractivity contribution in [2.45, 2.75) is 6.18 Å². The highest BCUT2D eigenvalue weighted by Crippen LogP contribution is 2.35. The standard InChI is InChI=1S/C7H3BrF3NO/c8-6-4(3-13)1-12-2-5(6)7(9,10)11/h1-3H. The van der Waals surface area contributed by atoms with Gasteiger partial charge in [0.15, 0.2) is 6.29 Å². The van der Waals surface area contributed by atoms with Gasteiger partial charge >= 0.3 is 6.18 Å². The predicted molar refractivity (Wildman–Crippen MR) is 42.3 cm³/mol. The fourth-order valence-corrected chi connectivity index (χ4v) is 1.26. The molecule has 0 radical (unpaired) electrons. The first-order chi connectivity index (χ1) is 5.96. The molecular weight excluding hydrogens is 251 g/mol. The lowest BCUT2D eigenvalue weighted by atomic mass is 10.2. The van der Waals surface area contributed by atoms with Crippen LogP contribution < -0.4 is 0 Å². The van der Waals surface area contributed by atoms with Crippen LogP contribution in [0.3, 0.4) is 0 Å². The van der Waals surface area contributed by atoms with E-state index in [1.54, 1.807) is 0 Å². The van der Waals surface area contributed by atoms with E-state index in [1.165, 1.54) is 0 Å². The Balaban J connectivity index is 3.32. The van der Waals surface area contributed by atoms with Crippen LogP contribution in [0.4, 0.5) is 13.2 Å². The smallest absolute Gasteiger partial charge is 0.298 e. The molecule has 0 aliphatic carbocycles. The summed E-state index contributed by atoms with van der Waals surface area (Å²) in [6.45, 7) is 0. The summed E-state index contributed by atoms with van der Waals surface area (Å²) in [7, 11) is 0. The number of hydrogen-bond acceptors (Lipinski definition) is 2. The van der Waals surface area contributed by atoms with Crippen molar-refractivity contribution in [1.29, 1.82) is 0 Å². The Morgan fingerprint density at radius 2 is 2.00 bits per heavy atom. The van der Waals surface area contributed by atoms with Gasteiger partial charge in [0.2, 0.25) is 0 Å². The molecule has 0 aliphatic rings. The van der Waals surface area contributed by atoms with Crippen LogP contribution >= 0.6 is 15.9 Å². The largest absolute Gasteiger partial charge is 0.419 e. The molecule has 1 heterocycles. The summed E-state index contributed by atoms with van der Waals surface area (Å²) in [6.07, 6.45) is -2.46. The summed E-state index contributed by atoms with van der Waals surface area (Å²) in [6, 6.07) is 0. The Morgan fingerprint density at radius 1 is 1.38 bits per heavy atom. The number of nitrogens with zero attached hydrogens (tertiary/aromatic N) is 1. The number of aldehydes is 1. The second-order valence-electron chi connectivity index (χ2n) is 2.21. The molecule has 0 atom stereocenters. The Hall–Kier alpha value is -0.910. The van der Waals surface area contributed by atoms with Crippen LogP contribution in [-0.2, 0) is 6.18 Å². The van der Waals surface area contributed by atoms with E-state index < -0.39 is 11.7 Å². The number of aromatic nitrogens is 1. The minimum atomic E-state index is -4.50. The van der Waals surface area contributed by atoms with E-state index in [0.29, 0.717) is 12.5 Å². The lowest BCUT2D eigenvalue weighted by Crippen LogP contribution is -2.08. The first-order valence-electron chi connectivity index (χ1n) is 3.12. The first kappa shape index (κ1) is 10.2. The van der Waals surface area contributed by atoms with Gasteiger partial charge in [-0.1, -0.05) is 0 Å². The average Bonchev–Trinajstić information content (AvgIpc) is 2.02. The highest BCUT2D eigenvalue weighted by atomic mass is 79.9. The predicted octanol–water partition coefficient (Wildman–Crippen LogP) is 2.68. The van der Waals surface area contributed by atoms with Gasteiger partial charge in [-0.25, -0.2) is 0 Å². The summed E-state index contributed by atoms with van der Waals surface area (Å²) >= 11 is 2.69. The number of carbonyl (C=O) groups is 1. The van der Waals surface area contributed by atoms with Crippen LogP contribution in [0.5, 0.6) is 0 Å². The zero-order valence-corrected chi connectivity index (χ0v) is 7.69. The number of carbonyl (C=O) groups excluding carboxylic acids is 1. The van der Waals surface area contributed by atoms with Gasteiger partial charge in [0.25, 0.3) is 0 Å². The van der Waals surface area contributed by atoms with E-state index in [2.05, 4.69) is 20.9 Å². The molecule has 6 heteroatoms. The fraction of sp³-hybridized carbons (Fsp3) is 0.143. The number of hydrogen-bond donors (Lipinski definition) is 0. The minimum absolute atomic E-state index is 0.116. The maximum Gasteiger partial charge on any atom is 0.419 e. The topological polar surface area (TPSA) is 30.0 Å². The van der Waals surface area contributed by atoms with Crippen LogP contribution in [-0.4, -0.2) is 11.3 Å². The summed E-state index contributed by atoms with van der Waals surface area (Å²) in [4.78, 5) is 13.6. The average molecular weight is 254 g/mol. The Bertz CT molecular complexity index is 337. The van der Waals surface area contributed by atoms with Gasteiger partial charge in [-0.05, 0) is 15.9 Å². The van der Waals surface area contributed by atoms with Gasteiger partial charge in [0.1, 0.15) is 0 Å². The third kappa shape index (κ3) is 2.06. The van der Waals surface area contributed by atoms with Crippen molar-refractivity contribution < 1.29 is 18.0 Å². The number of rotatable bonds is 1. The highest BCUT2D eigenvalue weighted by molar-refractivity contribution is 9.10. The van der Waals surface area contributed by atoms with Crippen molar-refractivity contribution in [2.24, 2.45) is 0 Å². The number of pyridine rings is 1. The summed E-state index contributed by atoms with van der Waals surface area (Å²) in [5.41, 5.74) is -1.06. The molecule has 0 unspecified atom stereocenters. The molecule has 1 rings (SSSR count). The third-order valence-electron chi connectivity index (χ3n) is 1.34. The molecule has 0 saturated heterocycles. The lowest BCUT2D eigenvalue weighted by Gasteiger charge is -2.08. The monoisotopic (exact) mass is 253 g/mol. The van der Waals surface area contributed by atoms with E-state index in [-0.39, 0.29) is 10.0 Å². The van der Waals surface area contributed by atoms with E-state index in [0.717, 1.165) is 6.20 Å². The van der Waals surface area contributed by atoms with Crippen molar-refractivity contribution in [2.75, 3.05) is 0 Å². The van der Waals surface area contributed by atoms with Crippen molar-refractivity contribution >= 4 is 22.2 Å². The highest BCUT2D eigenvalue weighted by Gasteiger charge is 2.34. The van der Waals surface area contributed by atoms with Crippen molar-refractivity contribution in [3.8, 4) is 0 Å². The minimum Gasteiger partial charge on any atom is -0.298 e. The molecule has 2 nitrogen and oxygen atoms in total. The Labute approximate surface area is 79.9 Å². The van der Waals surface area contributed by atoms with Gasteiger partial charge in [-0.2, -0.15) is 13.2 Å². The fourth-order valence-electron chi connectivity index (χ4n) is 0.741. The first-order valence-corrected chi connectivity index (χ1v) is 3.92. The second-order valence-corrected chi connectivity index (χ2v) is 3.00. The molecule has 1 aromatic heterocycles. The van der Waals surface area contributed by atoms with Crippen LogP contribution in [0.1, 0.15) is 15.9 Å². The molecule has 0 aromatic carbocycles. The molecule has 0 bridgehead atoms. The maximum atomic E-state index is 12.2. The molecule has 70 valence electrons. The molecule has 0 aliphatic heterocycles. The van der Waals surface area contributed by atoms with Crippen LogP contribution in [0, 0.1) is 0 Å². The lowest BCUT2D eigenvalue weighted by molar-refractivity contribution is -0.138. The van der Waals surface area contributed by atoms with Crippen molar-refractivity contribution in [3.05, 3.63) is 28.0 Å². The van der Waals surface area contributed by atoms with Gasteiger partial charge in [0, 0.05) is 22.4 Å². The van der Waals surface area contributed by atoms with Crippen molar-refractivity contribution in [1.82, 2.24) is 4.98 Å². The van der Waals surface area contributed by atoms with E-state index >= 15 is 0 Å². The molecular formula is C7H3BrF3NO. The molecule has 0 amide bonds. The Kier molecular flexibility index (Phi) is 2.70. The Morgan fingerprint density at radius 3 is 2.46 bits per heavy atom. The van der Waals surface area contributed by atoms with E-state index in [4.69, 9.17) is 0 Å². The SMILES string of the molecule is O=Cc1cncc(C(F)(F)F)c1Br. The van der Waals surface area contributed by atoms with Gasteiger partial charge in [0.05, 0.1) is 5.56 Å². The summed E-state index contributed by atoms with van der Waals surface area (Å²) in [5.74, 6) is 0. The normalized spacial score (nSPS) is 11.4. The zero-order valence-electron chi connectivity index (χ0n) is 6.10. The van der Waals surface area contributed by atoms with Crippen LogP contribution in [0.2, 0.25) is 0 Å². The molecule has 0 spiro atoms. The number of halogens is 4. The second kappa shape index (κ2) is 3.45. The molecule has 13 heavy (non-hydrogen) atoms. The van der Waals surface area contributed by atoms with Crippen LogP contribution in [0.15, 0.2) is 16.9 Å². The molecule has 0 fully saturated rings. The summed E-state index contributed by atoms with van der Waals surface area (Å²) in [5, 5.41) is 0. The van der Waals surface area contributed by atoms with Gasteiger partial charge < -0.3 is 0 Å². The van der Waals surface area contributed by atoms with E-state index in [9.17, 15) is 18.0 Å². The third-order valence-corrected chi connectivity index (χ3v) is 2.22. The van der Waals surface area contributed by atoms with Gasteiger partial charge in [-0.15, -0.1) is 0 Å². The molecule has 0 saturated carbocycles. The molecule has 0 N–H and O–H groups in total. The van der Waals surface area contributed by atoms with Gasteiger partial charge in [-0.3, -0.25) is 9.78 Å². The maximum absolute atomic E-state index is 12.2. The zero-order chi connectivity index (χ0) is 10.1. The summed E-state index contributed by atoms with van der Waals surface area (Å²) < 4.78 is 36.3. The number of alkyl halides is 3. The molecule has 1 aromatic rings.